The van der Waals surface area contributed by atoms with Gasteiger partial charge in [0.1, 0.15) is 0 Å². The second kappa shape index (κ2) is 6.28. The van der Waals surface area contributed by atoms with Crippen LogP contribution in [-0.2, 0) is 6.54 Å². The largest absolute Gasteiger partial charge is 0.316 e. The van der Waals surface area contributed by atoms with Gasteiger partial charge in [-0.05, 0) is 61.5 Å². The average molecular weight is 278 g/mol. The molecular weight excluding hydrogens is 262 g/mol. The zero-order chi connectivity index (χ0) is 13.0. The van der Waals surface area contributed by atoms with Crippen LogP contribution in [0.2, 0.25) is 5.02 Å². The zero-order valence-corrected chi connectivity index (χ0v) is 12.1. The Bertz CT molecular complexity index is 523. The summed E-state index contributed by atoms with van der Waals surface area (Å²) in [6.45, 7) is 3.07. The lowest BCUT2D eigenvalue weighted by atomic mass is 10.1. The van der Waals surface area contributed by atoms with E-state index in [0.29, 0.717) is 0 Å². The third kappa shape index (κ3) is 3.52. The van der Waals surface area contributed by atoms with Crippen LogP contribution in [0.15, 0.2) is 52.3 Å². The van der Waals surface area contributed by atoms with E-state index in [-0.39, 0.29) is 0 Å². The molecule has 0 unspecified atom stereocenters. The van der Waals surface area contributed by atoms with Crippen LogP contribution < -0.4 is 5.32 Å². The molecule has 0 saturated heterocycles. The Balaban J connectivity index is 2.14. The van der Waals surface area contributed by atoms with E-state index >= 15 is 0 Å². The van der Waals surface area contributed by atoms with Gasteiger partial charge >= 0.3 is 0 Å². The van der Waals surface area contributed by atoms with Crippen molar-refractivity contribution in [3.63, 3.8) is 0 Å². The Labute approximate surface area is 118 Å². The number of aryl methyl sites for hydroxylation is 1. The first kappa shape index (κ1) is 13.5. The Morgan fingerprint density at radius 3 is 2.33 bits per heavy atom. The minimum atomic E-state index is 0.778. The van der Waals surface area contributed by atoms with E-state index in [2.05, 4.69) is 30.4 Å². The van der Waals surface area contributed by atoms with E-state index in [1.165, 1.54) is 20.9 Å². The van der Waals surface area contributed by atoms with Crippen molar-refractivity contribution in [3.8, 4) is 0 Å². The Hall–Kier alpha value is -0.960. The molecule has 0 atom stereocenters. The van der Waals surface area contributed by atoms with Gasteiger partial charge in [0.2, 0.25) is 0 Å². The van der Waals surface area contributed by atoms with Gasteiger partial charge in [0, 0.05) is 21.4 Å². The fourth-order valence-corrected chi connectivity index (χ4v) is 2.80. The number of benzene rings is 2. The van der Waals surface area contributed by atoms with Crippen LogP contribution in [0, 0.1) is 6.92 Å². The summed E-state index contributed by atoms with van der Waals surface area (Å²) in [4.78, 5) is 2.47. The second-order valence-electron chi connectivity index (χ2n) is 4.17. The lowest BCUT2D eigenvalue weighted by Crippen LogP contribution is -2.06. The normalized spacial score (nSPS) is 10.6. The molecule has 2 rings (SSSR count). The van der Waals surface area contributed by atoms with Crippen molar-refractivity contribution in [1.29, 1.82) is 0 Å². The van der Waals surface area contributed by atoms with Gasteiger partial charge in [-0.2, -0.15) is 0 Å². The first-order valence-corrected chi connectivity index (χ1v) is 7.06. The molecule has 1 N–H and O–H groups in total. The monoisotopic (exact) mass is 277 g/mol. The summed E-state index contributed by atoms with van der Waals surface area (Å²) in [5.41, 5.74) is 2.67. The highest BCUT2D eigenvalue weighted by Gasteiger charge is 2.01. The summed E-state index contributed by atoms with van der Waals surface area (Å²) in [6, 6.07) is 14.5. The Morgan fingerprint density at radius 2 is 1.72 bits per heavy atom. The average Bonchev–Trinajstić information content (AvgIpc) is 2.36. The Kier molecular flexibility index (Phi) is 4.70. The first-order valence-electron chi connectivity index (χ1n) is 5.86. The molecule has 18 heavy (non-hydrogen) atoms. The van der Waals surface area contributed by atoms with Gasteiger partial charge in [0.15, 0.2) is 0 Å². The molecule has 0 saturated carbocycles. The van der Waals surface area contributed by atoms with Gasteiger partial charge in [-0.1, -0.05) is 29.4 Å². The molecule has 94 valence electrons. The molecule has 1 nitrogen and oxygen atoms in total. The lowest BCUT2D eigenvalue weighted by Gasteiger charge is -2.08. The summed E-state index contributed by atoms with van der Waals surface area (Å²) in [5, 5.41) is 3.96. The van der Waals surface area contributed by atoms with Gasteiger partial charge in [-0.3, -0.25) is 0 Å². The standard InChI is InChI=1S/C15H16ClNS/c1-11-9-15(6-3-12(11)10-17-2)18-14-7-4-13(16)5-8-14/h3-9,17H,10H2,1-2H3. The summed E-state index contributed by atoms with van der Waals surface area (Å²) in [7, 11) is 1.97. The van der Waals surface area contributed by atoms with Crippen LogP contribution in [0.5, 0.6) is 0 Å². The quantitative estimate of drug-likeness (QED) is 0.882. The third-order valence-electron chi connectivity index (χ3n) is 2.73. The summed E-state index contributed by atoms with van der Waals surface area (Å²) < 4.78 is 0. The maximum Gasteiger partial charge on any atom is 0.0406 e. The molecule has 2 aromatic carbocycles. The van der Waals surface area contributed by atoms with Gasteiger partial charge in [0.25, 0.3) is 0 Å². The van der Waals surface area contributed by atoms with Crippen molar-refractivity contribution in [2.75, 3.05) is 7.05 Å². The van der Waals surface area contributed by atoms with Gasteiger partial charge in [0.05, 0.1) is 0 Å². The van der Waals surface area contributed by atoms with Crippen LogP contribution in [0.4, 0.5) is 0 Å². The number of hydrogen-bond donors (Lipinski definition) is 1. The maximum absolute atomic E-state index is 5.88. The topological polar surface area (TPSA) is 12.0 Å². The second-order valence-corrected chi connectivity index (χ2v) is 5.76. The van der Waals surface area contributed by atoms with E-state index < -0.39 is 0 Å². The molecular formula is C15H16ClNS. The summed E-state index contributed by atoms with van der Waals surface area (Å²) in [6.07, 6.45) is 0. The fraction of sp³-hybridized carbons (Fsp3) is 0.200. The molecule has 0 aromatic heterocycles. The van der Waals surface area contributed by atoms with E-state index in [4.69, 9.17) is 11.6 Å². The van der Waals surface area contributed by atoms with Crippen molar-refractivity contribution in [2.24, 2.45) is 0 Å². The molecule has 0 aliphatic carbocycles. The molecule has 0 amide bonds. The van der Waals surface area contributed by atoms with E-state index in [9.17, 15) is 0 Å². The maximum atomic E-state index is 5.88. The van der Waals surface area contributed by atoms with Crippen molar-refractivity contribution in [2.45, 2.75) is 23.3 Å². The van der Waals surface area contributed by atoms with Crippen LogP contribution in [0.25, 0.3) is 0 Å². The van der Waals surface area contributed by atoms with Crippen LogP contribution in [0.3, 0.4) is 0 Å². The van der Waals surface area contributed by atoms with E-state index in [1.54, 1.807) is 11.8 Å². The SMILES string of the molecule is CNCc1ccc(Sc2ccc(Cl)cc2)cc1C. The number of rotatable bonds is 4. The molecule has 0 fully saturated rings. The van der Waals surface area contributed by atoms with E-state index in [0.717, 1.165) is 11.6 Å². The molecule has 0 aliphatic heterocycles. The predicted molar refractivity (Wildman–Crippen MR) is 79.5 cm³/mol. The molecule has 0 heterocycles. The van der Waals surface area contributed by atoms with E-state index in [1.807, 2.05) is 31.3 Å². The number of halogens is 1. The van der Waals surface area contributed by atoms with Gasteiger partial charge < -0.3 is 5.32 Å². The molecule has 3 heteroatoms. The number of nitrogens with one attached hydrogen (secondary N) is 1. The molecule has 0 spiro atoms. The number of hydrogen-bond acceptors (Lipinski definition) is 2. The van der Waals surface area contributed by atoms with Crippen molar-refractivity contribution < 1.29 is 0 Å². The summed E-state index contributed by atoms with van der Waals surface area (Å²) in [5.74, 6) is 0. The highest BCUT2D eigenvalue weighted by molar-refractivity contribution is 7.99. The van der Waals surface area contributed by atoms with Crippen LogP contribution in [-0.4, -0.2) is 7.05 Å². The molecule has 0 bridgehead atoms. The molecule has 2 aromatic rings. The van der Waals surface area contributed by atoms with Crippen LogP contribution >= 0.6 is 23.4 Å². The van der Waals surface area contributed by atoms with Crippen molar-refractivity contribution in [1.82, 2.24) is 5.32 Å². The minimum absolute atomic E-state index is 0.778. The van der Waals surface area contributed by atoms with Crippen LogP contribution in [0.1, 0.15) is 11.1 Å². The highest BCUT2D eigenvalue weighted by Crippen LogP contribution is 2.29. The molecule has 0 aliphatic rings. The fourth-order valence-electron chi connectivity index (χ4n) is 1.76. The zero-order valence-electron chi connectivity index (χ0n) is 10.5. The van der Waals surface area contributed by atoms with Crippen molar-refractivity contribution in [3.05, 3.63) is 58.6 Å². The van der Waals surface area contributed by atoms with Gasteiger partial charge in [-0.25, -0.2) is 0 Å². The predicted octanol–water partition coefficient (Wildman–Crippen LogP) is 4.52. The van der Waals surface area contributed by atoms with Crippen molar-refractivity contribution >= 4 is 23.4 Å². The van der Waals surface area contributed by atoms with Gasteiger partial charge in [-0.15, -0.1) is 0 Å². The smallest absolute Gasteiger partial charge is 0.0406 e. The minimum Gasteiger partial charge on any atom is -0.316 e. The first-order chi connectivity index (χ1) is 8.69. The Morgan fingerprint density at radius 1 is 1.06 bits per heavy atom. The summed E-state index contributed by atoms with van der Waals surface area (Å²) >= 11 is 7.64. The third-order valence-corrected chi connectivity index (χ3v) is 3.98. The lowest BCUT2D eigenvalue weighted by molar-refractivity contribution is 0.811. The molecule has 0 radical (unpaired) electrons. The highest BCUT2D eigenvalue weighted by atomic mass is 35.5.